The van der Waals surface area contributed by atoms with Crippen LogP contribution in [-0.4, -0.2) is 12.5 Å². The van der Waals surface area contributed by atoms with Crippen LogP contribution >= 0.6 is 0 Å². The number of anilines is 1. The number of benzene rings is 1. The van der Waals surface area contributed by atoms with Gasteiger partial charge < -0.3 is 11.1 Å². The summed E-state index contributed by atoms with van der Waals surface area (Å²) < 4.78 is 37.6. The van der Waals surface area contributed by atoms with E-state index in [0.717, 1.165) is 18.6 Å². The summed E-state index contributed by atoms with van der Waals surface area (Å²) in [7, 11) is 0. The van der Waals surface area contributed by atoms with E-state index in [1.165, 1.54) is 12.1 Å². The number of amides is 1. The lowest BCUT2D eigenvalue weighted by Gasteiger charge is -2.15. The van der Waals surface area contributed by atoms with Crippen LogP contribution in [0.1, 0.15) is 25.3 Å². The highest BCUT2D eigenvalue weighted by atomic mass is 19.4. The van der Waals surface area contributed by atoms with Crippen molar-refractivity contribution in [3.8, 4) is 0 Å². The molecule has 0 spiro atoms. The van der Waals surface area contributed by atoms with E-state index in [1.54, 1.807) is 0 Å². The first kappa shape index (κ1) is 15.5. The molecule has 1 amide bonds. The molecular weight excluding hydrogens is 257 g/mol. The molecule has 0 aliphatic carbocycles. The average molecular weight is 274 g/mol. The van der Waals surface area contributed by atoms with Gasteiger partial charge in [-0.3, -0.25) is 4.79 Å². The number of nitrogens with one attached hydrogen (secondary N) is 1. The lowest BCUT2D eigenvalue weighted by Crippen LogP contribution is -2.29. The quantitative estimate of drug-likeness (QED) is 0.867. The van der Waals surface area contributed by atoms with Crippen LogP contribution in [-0.2, 0) is 11.0 Å². The van der Waals surface area contributed by atoms with Crippen molar-refractivity contribution in [3.63, 3.8) is 0 Å². The molecule has 1 rings (SSSR count). The Labute approximate surface area is 110 Å². The zero-order valence-corrected chi connectivity index (χ0v) is 10.6. The van der Waals surface area contributed by atoms with E-state index in [4.69, 9.17) is 5.73 Å². The Balaban J connectivity index is 2.79. The number of nitrogens with two attached hydrogens (primary N) is 1. The van der Waals surface area contributed by atoms with Crippen molar-refractivity contribution in [2.75, 3.05) is 11.9 Å². The lowest BCUT2D eigenvalue weighted by atomic mass is 10.0. The van der Waals surface area contributed by atoms with Crippen molar-refractivity contribution in [2.24, 2.45) is 11.7 Å². The molecule has 3 nitrogen and oxygen atoms in total. The monoisotopic (exact) mass is 274 g/mol. The van der Waals surface area contributed by atoms with Crippen LogP contribution in [0.2, 0.25) is 0 Å². The molecule has 0 heterocycles. The first-order valence-corrected chi connectivity index (χ1v) is 6.06. The van der Waals surface area contributed by atoms with Gasteiger partial charge in [-0.15, -0.1) is 0 Å². The summed E-state index contributed by atoms with van der Waals surface area (Å²) in [6.45, 7) is 2.10. The highest BCUT2D eigenvalue weighted by Gasteiger charge is 2.30. The lowest BCUT2D eigenvalue weighted by molar-refractivity contribution is -0.137. The van der Waals surface area contributed by atoms with Crippen molar-refractivity contribution in [1.82, 2.24) is 0 Å². The van der Waals surface area contributed by atoms with E-state index in [9.17, 15) is 18.0 Å². The molecule has 1 aromatic carbocycles. The Morgan fingerprint density at radius 3 is 2.63 bits per heavy atom. The molecular formula is C13H17F3N2O. The molecule has 0 radical (unpaired) electrons. The Morgan fingerprint density at radius 2 is 2.11 bits per heavy atom. The molecule has 0 aliphatic heterocycles. The molecule has 19 heavy (non-hydrogen) atoms. The first-order chi connectivity index (χ1) is 8.88. The number of alkyl halides is 3. The van der Waals surface area contributed by atoms with Gasteiger partial charge in [0.1, 0.15) is 0 Å². The highest BCUT2D eigenvalue weighted by Crippen LogP contribution is 2.30. The molecule has 0 saturated heterocycles. The number of halogens is 3. The van der Waals surface area contributed by atoms with E-state index in [1.807, 2.05) is 6.92 Å². The molecule has 0 aliphatic rings. The van der Waals surface area contributed by atoms with Crippen LogP contribution in [0.4, 0.5) is 18.9 Å². The molecule has 106 valence electrons. The topological polar surface area (TPSA) is 55.1 Å². The summed E-state index contributed by atoms with van der Waals surface area (Å²) in [5, 5.41) is 2.47. The van der Waals surface area contributed by atoms with Gasteiger partial charge in [0.25, 0.3) is 0 Å². The van der Waals surface area contributed by atoms with Gasteiger partial charge in [-0.1, -0.05) is 19.4 Å². The van der Waals surface area contributed by atoms with Crippen LogP contribution < -0.4 is 11.1 Å². The van der Waals surface area contributed by atoms with Crippen molar-refractivity contribution in [3.05, 3.63) is 29.8 Å². The smallest absolute Gasteiger partial charge is 0.330 e. The van der Waals surface area contributed by atoms with Crippen LogP contribution in [0.5, 0.6) is 0 Å². The minimum atomic E-state index is -4.42. The zero-order valence-electron chi connectivity index (χ0n) is 10.6. The van der Waals surface area contributed by atoms with Crippen molar-refractivity contribution >= 4 is 11.6 Å². The Bertz CT molecular complexity index is 432. The van der Waals surface area contributed by atoms with Gasteiger partial charge in [0.05, 0.1) is 11.5 Å². The SMILES string of the molecule is CCCC(CN)C(=O)Nc1cccc(C(F)(F)F)c1. The van der Waals surface area contributed by atoms with Crippen molar-refractivity contribution in [1.29, 1.82) is 0 Å². The van der Waals surface area contributed by atoms with Gasteiger partial charge in [-0.2, -0.15) is 13.2 Å². The zero-order chi connectivity index (χ0) is 14.5. The number of hydrogen-bond acceptors (Lipinski definition) is 2. The van der Waals surface area contributed by atoms with E-state index >= 15 is 0 Å². The normalized spacial score (nSPS) is 13.1. The van der Waals surface area contributed by atoms with Gasteiger partial charge in [-0.05, 0) is 24.6 Å². The highest BCUT2D eigenvalue weighted by molar-refractivity contribution is 5.92. The minimum Gasteiger partial charge on any atom is -0.330 e. The van der Waals surface area contributed by atoms with E-state index < -0.39 is 11.7 Å². The standard InChI is InChI=1S/C13H17F3N2O/c1-2-4-9(8-17)12(19)18-11-6-3-5-10(7-11)13(14,15)16/h3,5-7,9H,2,4,8,17H2,1H3,(H,18,19). The first-order valence-electron chi connectivity index (χ1n) is 6.06. The molecule has 1 unspecified atom stereocenters. The molecule has 1 aromatic rings. The number of carbonyl (C=O) groups is 1. The van der Waals surface area contributed by atoms with Crippen LogP contribution in [0.3, 0.4) is 0 Å². The maximum atomic E-state index is 12.5. The number of carbonyl (C=O) groups excluding carboxylic acids is 1. The van der Waals surface area contributed by atoms with Gasteiger partial charge in [0, 0.05) is 12.2 Å². The van der Waals surface area contributed by atoms with Gasteiger partial charge in [-0.25, -0.2) is 0 Å². The van der Waals surface area contributed by atoms with E-state index in [-0.39, 0.29) is 24.1 Å². The largest absolute Gasteiger partial charge is 0.416 e. The van der Waals surface area contributed by atoms with E-state index in [2.05, 4.69) is 5.32 Å². The molecule has 6 heteroatoms. The molecule has 3 N–H and O–H groups in total. The summed E-state index contributed by atoms with van der Waals surface area (Å²) in [4.78, 5) is 11.8. The maximum absolute atomic E-state index is 12.5. The minimum absolute atomic E-state index is 0.134. The van der Waals surface area contributed by atoms with Gasteiger partial charge >= 0.3 is 6.18 Å². The Hall–Kier alpha value is -1.56. The third-order valence-corrected chi connectivity index (χ3v) is 2.75. The molecule has 1 atom stereocenters. The molecule has 0 fully saturated rings. The predicted octanol–water partition coefficient (Wildman–Crippen LogP) is 3.02. The second kappa shape index (κ2) is 6.56. The van der Waals surface area contributed by atoms with Crippen LogP contribution in [0.25, 0.3) is 0 Å². The second-order valence-electron chi connectivity index (χ2n) is 4.29. The Morgan fingerprint density at radius 1 is 1.42 bits per heavy atom. The summed E-state index contributed by atoms with van der Waals surface area (Å²) in [5.74, 6) is -0.719. The van der Waals surface area contributed by atoms with Crippen molar-refractivity contribution in [2.45, 2.75) is 25.9 Å². The van der Waals surface area contributed by atoms with E-state index in [0.29, 0.717) is 6.42 Å². The average Bonchev–Trinajstić information content (AvgIpc) is 2.35. The van der Waals surface area contributed by atoms with Crippen LogP contribution in [0, 0.1) is 5.92 Å². The Kier molecular flexibility index (Phi) is 5.35. The summed E-state index contributed by atoms with van der Waals surface area (Å²) in [6, 6.07) is 4.56. The fourth-order valence-electron chi connectivity index (χ4n) is 1.72. The molecule has 0 bridgehead atoms. The fourth-order valence-corrected chi connectivity index (χ4v) is 1.72. The summed E-state index contributed by atoms with van der Waals surface area (Å²) in [5.41, 5.74) is 4.82. The van der Waals surface area contributed by atoms with Crippen molar-refractivity contribution < 1.29 is 18.0 Å². The molecule has 0 aromatic heterocycles. The predicted molar refractivity (Wildman–Crippen MR) is 67.5 cm³/mol. The number of rotatable bonds is 5. The third-order valence-electron chi connectivity index (χ3n) is 2.75. The van der Waals surface area contributed by atoms with Gasteiger partial charge in [0.15, 0.2) is 0 Å². The second-order valence-corrected chi connectivity index (χ2v) is 4.29. The van der Waals surface area contributed by atoms with Crippen LogP contribution in [0.15, 0.2) is 24.3 Å². The third kappa shape index (κ3) is 4.55. The van der Waals surface area contributed by atoms with Gasteiger partial charge in [0.2, 0.25) is 5.91 Å². The maximum Gasteiger partial charge on any atom is 0.416 e. The summed E-state index contributed by atoms with van der Waals surface area (Å²) in [6.07, 6.45) is -3.02. The molecule has 0 saturated carbocycles. The summed E-state index contributed by atoms with van der Waals surface area (Å²) >= 11 is 0. The fraction of sp³-hybridized carbons (Fsp3) is 0.462. The number of hydrogen-bond donors (Lipinski definition) is 2.